The minimum atomic E-state index is -0.700. The van der Waals surface area contributed by atoms with Crippen LogP contribution in [-0.2, 0) is 0 Å². The first-order valence-electron chi connectivity index (χ1n) is 6.98. The third-order valence-electron chi connectivity index (χ3n) is 3.25. The average Bonchev–Trinajstić information content (AvgIpc) is 2.57. The van der Waals surface area contributed by atoms with Gasteiger partial charge in [-0.2, -0.15) is 0 Å². The minimum absolute atomic E-state index is 0.353. The Kier molecular flexibility index (Phi) is 4.03. The Bertz CT molecular complexity index is 1030. The van der Waals surface area contributed by atoms with Gasteiger partial charge in [0.25, 0.3) is 0 Å². The number of benzene rings is 2. The summed E-state index contributed by atoms with van der Waals surface area (Å²) < 4.78 is 9.57. The lowest BCUT2D eigenvalue weighted by atomic mass is 10.2. The van der Waals surface area contributed by atoms with Crippen molar-refractivity contribution in [2.24, 2.45) is 0 Å². The lowest BCUT2D eigenvalue weighted by Gasteiger charge is -1.94. The summed E-state index contributed by atoms with van der Waals surface area (Å²) >= 11 is 0. The van der Waals surface area contributed by atoms with E-state index in [-0.39, 0.29) is 11.5 Å². The summed E-state index contributed by atoms with van der Waals surface area (Å²) in [6.07, 6.45) is 0. The van der Waals surface area contributed by atoms with Crippen LogP contribution in [0.1, 0.15) is 0 Å². The highest BCUT2D eigenvalue weighted by atomic mass is 16.4. The molecule has 4 aromatic rings. The number of para-hydroxylation sites is 2. The van der Waals surface area contributed by atoms with E-state index in [9.17, 15) is 9.59 Å². The number of fused-ring (bicyclic) bond motifs is 2. The van der Waals surface area contributed by atoms with Crippen molar-refractivity contribution in [3.05, 3.63) is 81.5 Å². The van der Waals surface area contributed by atoms with Crippen LogP contribution in [0.2, 0.25) is 0 Å². The normalized spacial score (nSPS) is 10.3. The Morgan fingerprint density at radius 1 is 0.625 bits per heavy atom. The van der Waals surface area contributed by atoms with E-state index in [0.717, 1.165) is 10.8 Å². The standard InChI is InChI=1S/2C9H6O3/c2*10-7-5-6-3-1-2-4-8(6)12-9(7)11/h2*1-5,10H. The second kappa shape index (κ2) is 6.29. The maximum absolute atomic E-state index is 10.8. The van der Waals surface area contributed by atoms with Crippen molar-refractivity contribution >= 4 is 21.9 Å². The van der Waals surface area contributed by atoms with E-state index in [2.05, 4.69) is 0 Å². The fourth-order valence-corrected chi connectivity index (χ4v) is 2.10. The molecule has 0 unspecified atom stereocenters. The maximum atomic E-state index is 10.8. The molecular weight excluding hydrogens is 312 g/mol. The average molecular weight is 324 g/mol. The number of hydrogen-bond donors (Lipinski definition) is 2. The molecule has 0 saturated carbocycles. The van der Waals surface area contributed by atoms with Gasteiger partial charge in [-0.1, -0.05) is 36.4 Å². The third kappa shape index (κ3) is 3.12. The zero-order valence-corrected chi connectivity index (χ0v) is 12.3. The number of hydrogen-bond acceptors (Lipinski definition) is 6. The van der Waals surface area contributed by atoms with E-state index in [0.29, 0.717) is 11.2 Å². The van der Waals surface area contributed by atoms with Gasteiger partial charge < -0.3 is 19.0 Å². The predicted octanol–water partition coefficient (Wildman–Crippen LogP) is 3.00. The lowest BCUT2D eigenvalue weighted by Crippen LogP contribution is -1.96. The Labute approximate surface area is 134 Å². The second-order valence-corrected chi connectivity index (χ2v) is 4.91. The first-order chi connectivity index (χ1) is 11.5. The number of rotatable bonds is 0. The summed E-state index contributed by atoms with van der Waals surface area (Å²) in [7, 11) is 0. The zero-order valence-electron chi connectivity index (χ0n) is 12.3. The van der Waals surface area contributed by atoms with Gasteiger partial charge in [0, 0.05) is 10.8 Å². The van der Waals surface area contributed by atoms with Crippen molar-refractivity contribution in [3.8, 4) is 11.5 Å². The molecule has 4 rings (SSSR count). The van der Waals surface area contributed by atoms with Gasteiger partial charge >= 0.3 is 11.3 Å². The largest absolute Gasteiger partial charge is 0.502 e. The van der Waals surface area contributed by atoms with Gasteiger partial charge in [0.1, 0.15) is 11.2 Å². The predicted molar refractivity (Wildman–Crippen MR) is 88.3 cm³/mol. The molecule has 6 heteroatoms. The summed E-state index contributed by atoms with van der Waals surface area (Å²) in [5, 5.41) is 19.5. The van der Waals surface area contributed by atoms with E-state index in [1.165, 1.54) is 12.1 Å². The van der Waals surface area contributed by atoms with E-state index in [4.69, 9.17) is 19.0 Å². The SMILES string of the molecule is O=c1oc2ccccc2cc1O.O=c1oc2ccccc2cc1O. The Morgan fingerprint density at radius 3 is 1.42 bits per heavy atom. The van der Waals surface area contributed by atoms with Crippen LogP contribution in [0, 0.1) is 0 Å². The fraction of sp³-hybridized carbons (Fsp3) is 0. The van der Waals surface area contributed by atoms with Gasteiger partial charge in [-0.3, -0.25) is 0 Å². The van der Waals surface area contributed by atoms with E-state index in [1.807, 2.05) is 12.1 Å². The fourth-order valence-electron chi connectivity index (χ4n) is 2.10. The molecule has 120 valence electrons. The minimum Gasteiger partial charge on any atom is -0.502 e. The highest BCUT2D eigenvalue weighted by Gasteiger charge is 2.01. The van der Waals surface area contributed by atoms with Crippen LogP contribution in [0.25, 0.3) is 21.9 Å². The summed E-state index contributed by atoms with van der Waals surface area (Å²) in [4.78, 5) is 21.6. The van der Waals surface area contributed by atoms with Crippen LogP contribution in [0.4, 0.5) is 0 Å². The molecule has 0 amide bonds. The Morgan fingerprint density at radius 2 is 1.00 bits per heavy atom. The van der Waals surface area contributed by atoms with E-state index < -0.39 is 11.3 Å². The van der Waals surface area contributed by atoms with Gasteiger partial charge in [-0.05, 0) is 24.3 Å². The van der Waals surface area contributed by atoms with Crippen LogP contribution in [0.5, 0.6) is 11.5 Å². The summed E-state index contributed by atoms with van der Waals surface area (Å²) in [5.41, 5.74) is -0.428. The molecule has 0 radical (unpaired) electrons. The molecule has 0 atom stereocenters. The maximum Gasteiger partial charge on any atom is 0.378 e. The van der Waals surface area contributed by atoms with Crippen LogP contribution in [-0.4, -0.2) is 10.2 Å². The summed E-state index contributed by atoms with van der Waals surface area (Å²) in [6, 6.07) is 16.8. The van der Waals surface area contributed by atoms with Crippen molar-refractivity contribution < 1.29 is 19.0 Å². The zero-order chi connectivity index (χ0) is 17.1. The van der Waals surface area contributed by atoms with Crippen LogP contribution >= 0.6 is 0 Å². The van der Waals surface area contributed by atoms with Gasteiger partial charge in [-0.25, -0.2) is 9.59 Å². The molecular formula is C18H12O6. The lowest BCUT2D eigenvalue weighted by molar-refractivity contribution is 0.428. The molecule has 2 N–H and O–H groups in total. The highest BCUT2D eigenvalue weighted by Crippen LogP contribution is 2.15. The van der Waals surface area contributed by atoms with Crippen molar-refractivity contribution in [1.29, 1.82) is 0 Å². The highest BCUT2D eigenvalue weighted by molar-refractivity contribution is 5.77. The molecule has 0 aliphatic rings. The molecule has 0 spiro atoms. The molecule has 0 saturated heterocycles. The monoisotopic (exact) mass is 324 g/mol. The molecule has 2 aromatic carbocycles. The molecule has 0 fully saturated rings. The second-order valence-electron chi connectivity index (χ2n) is 4.91. The van der Waals surface area contributed by atoms with Gasteiger partial charge in [0.15, 0.2) is 0 Å². The Balaban J connectivity index is 0.000000141. The molecule has 2 aromatic heterocycles. The van der Waals surface area contributed by atoms with Crippen molar-refractivity contribution in [2.45, 2.75) is 0 Å². The first-order valence-corrected chi connectivity index (χ1v) is 6.98. The van der Waals surface area contributed by atoms with Crippen LogP contribution in [0.3, 0.4) is 0 Å². The van der Waals surface area contributed by atoms with E-state index >= 15 is 0 Å². The smallest absolute Gasteiger partial charge is 0.378 e. The Hall–Kier alpha value is -3.54. The molecule has 0 aliphatic heterocycles. The summed E-state index contributed by atoms with van der Waals surface area (Å²) in [5.74, 6) is -0.706. The van der Waals surface area contributed by atoms with Crippen LogP contribution in [0.15, 0.2) is 79.1 Å². The molecule has 24 heavy (non-hydrogen) atoms. The van der Waals surface area contributed by atoms with Gasteiger partial charge in [-0.15, -0.1) is 0 Å². The quantitative estimate of drug-likeness (QED) is 0.482. The van der Waals surface area contributed by atoms with Crippen molar-refractivity contribution in [2.75, 3.05) is 0 Å². The van der Waals surface area contributed by atoms with Gasteiger partial charge in [0.2, 0.25) is 11.5 Å². The first kappa shape index (κ1) is 15.4. The van der Waals surface area contributed by atoms with E-state index in [1.54, 1.807) is 36.4 Å². The van der Waals surface area contributed by atoms with Crippen molar-refractivity contribution in [1.82, 2.24) is 0 Å². The van der Waals surface area contributed by atoms with Crippen molar-refractivity contribution in [3.63, 3.8) is 0 Å². The summed E-state index contributed by atoms with van der Waals surface area (Å²) in [6.45, 7) is 0. The molecule has 0 bridgehead atoms. The van der Waals surface area contributed by atoms with Crippen LogP contribution < -0.4 is 11.3 Å². The molecule has 2 heterocycles. The molecule has 0 aliphatic carbocycles. The third-order valence-corrected chi connectivity index (χ3v) is 3.25. The number of aromatic hydroxyl groups is 2. The van der Waals surface area contributed by atoms with Gasteiger partial charge in [0.05, 0.1) is 0 Å². The molecule has 6 nitrogen and oxygen atoms in total. The topological polar surface area (TPSA) is 101 Å².